The van der Waals surface area contributed by atoms with Crippen molar-refractivity contribution in [2.75, 3.05) is 24.3 Å². The van der Waals surface area contributed by atoms with Crippen molar-refractivity contribution >= 4 is 23.0 Å². The molecular formula is C17H21ClN2. The minimum atomic E-state index is 0.286. The first-order valence-electron chi connectivity index (χ1n) is 6.90. The van der Waals surface area contributed by atoms with Crippen LogP contribution in [0.2, 0.25) is 5.02 Å². The van der Waals surface area contributed by atoms with Crippen molar-refractivity contribution in [3.63, 3.8) is 0 Å². The second-order valence-electron chi connectivity index (χ2n) is 5.07. The monoisotopic (exact) mass is 288 g/mol. The molecule has 0 aliphatic rings. The van der Waals surface area contributed by atoms with Gasteiger partial charge in [0.2, 0.25) is 0 Å². The minimum absolute atomic E-state index is 0.286. The summed E-state index contributed by atoms with van der Waals surface area (Å²) in [5.74, 6) is 0. The third-order valence-corrected chi connectivity index (χ3v) is 3.62. The Balaban J connectivity index is 2.30. The average molecular weight is 289 g/mol. The van der Waals surface area contributed by atoms with Crippen LogP contribution in [0.3, 0.4) is 0 Å². The van der Waals surface area contributed by atoms with Crippen LogP contribution in [0.25, 0.3) is 0 Å². The maximum Gasteiger partial charge on any atom is 0.0598 e. The first-order chi connectivity index (χ1) is 9.61. The molecule has 0 fully saturated rings. The summed E-state index contributed by atoms with van der Waals surface area (Å²) in [6, 6.07) is 16.7. The predicted molar refractivity (Wildman–Crippen MR) is 88.9 cm³/mol. The van der Waals surface area contributed by atoms with Crippen LogP contribution < -0.4 is 10.2 Å². The summed E-state index contributed by atoms with van der Waals surface area (Å²) in [5, 5.41) is 4.36. The molecule has 2 rings (SSSR count). The predicted octanol–water partition coefficient (Wildman–Crippen LogP) is 4.97. The number of hydrogen-bond donors (Lipinski definition) is 1. The fraction of sp³-hybridized carbons (Fsp3) is 0.294. The molecule has 2 aromatic rings. The van der Waals surface area contributed by atoms with Crippen LogP contribution in [-0.2, 0) is 0 Å². The second kappa shape index (κ2) is 6.67. The van der Waals surface area contributed by atoms with Crippen LogP contribution in [0, 0.1) is 0 Å². The van der Waals surface area contributed by atoms with Crippen molar-refractivity contribution in [1.82, 2.24) is 0 Å². The molecule has 0 heterocycles. The SMILES string of the molecule is CCC(Nc1cc(Cl)ccc1N(C)C)c1ccccc1. The number of anilines is 2. The van der Waals surface area contributed by atoms with Crippen molar-refractivity contribution in [2.24, 2.45) is 0 Å². The van der Waals surface area contributed by atoms with Crippen LogP contribution in [0.1, 0.15) is 24.9 Å². The Kier molecular flexibility index (Phi) is 4.91. The molecule has 0 amide bonds. The van der Waals surface area contributed by atoms with E-state index in [1.54, 1.807) is 0 Å². The topological polar surface area (TPSA) is 15.3 Å². The van der Waals surface area contributed by atoms with Crippen LogP contribution in [0.4, 0.5) is 11.4 Å². The molecule has 0 bridgehead atoms. The van der Waals surface area contributed by atoms with E-state index in [0.29, 0.717) is 0 Å². The van der Waals surface area contributed by atoms with Gasteiger partial charge in [-0.2, -0.15) is 0 Å². The fourth-order valence-corrected chi connectivity index (χ4v) is 2.48. The van der Waals surface area contributed by atoms with Gasteiger partial charge in [-0.1, -0.05) is 48.9 Å². The number of nitrogens with one attached hydrogen (secondary N) is 1. The van der Waals surface area contributed by atoms with E-state index in [2.05, 4.69) is 41.4 Å². The highest BCUT2D eigenvalue weighted by atomic mass is 35.5. The van der Waals surface area contributed by atoms with Gasteiger partial charge in [0.25, 0.3) is 0 Å². The lowest BCUT2D eigenvalue weighted by molar-refractivity contribution is 0.749. The van der Waals surface area contributed by atoms with Crippen LogP contribution in [0.5, 0.6) is 0 Å². The van der Waals surface area contributed by atoms with Crippen LogP contribution in [-0.4, -0.2) is 14.1 Å². The Hall–Kier alpha value is -1.67. The molecule has 2 aromatic carbocycles. The Labute approximate surface area is 126 Å². The molecule has 0 aromatic heterocycles. The third-order valence-electron chi connectivity index (χ3n) is 3.38. The summed E-state index contributed by atoms with van der Waals surface area (Å²) in [4.78, 5) is 2.09. The summed E-state index contributed by atoms with van der Waals surface area (Å²) < 4.78 is 0. The number of halogens is 1. The average Bonchev–Trinajstić information content (AvgIpc) is 2.45. The van der Waals surface area contributed by atoms with E-state index in [9.17, 15) is 0 Å². The van der Waals surface area contributed by atoms with Crippen molar-refractivity contribution in [3.05, 3.63) is 59.1 Å². The van der Waals surface area contributed by atoms with Gasteiger partial charge >= 0.3 is 0 Å². The van der Waals surface area contributed by atoms with E-state index in [1.165, 1.54) is 5.56 Å². The normalized spacial score (nSPS) is 12.0. The highest BCUT2D eigenvalue weighted by molar-refractivity contribution is 6.31. The highest BCUT2D eigenvalue weighted by Crippen LogP contribution is 2.32. The molecule has 2 nitrogen and oxygen atoms in total. The molecular weight excluding hydrogens is 268 g/mol. The molecule has 3 heteroatoms. The Morgan fingerprint density at radius 3 is 2.40 bits per heavy atom. The van der Waals surface area contributed by atoms with Crippen molar-refractivity contribution in [3.8, 4) is 0 Å². The first kappa shape index (κ1) is 14.7. The summed E-state index contributed by atoms with van der Waals surface area (Å²) in [5.41, 5.74) is 3.50. The summed E-state index contributed by atoms with van der Waals surface area (Å²) in [6.45, 7) is 2.19. The Morgan fingerprint density at radius 1 is 1.10 bits per heavy atom. The zero-order valence-corrected chi connectivity index (χ0v) is 13.0. The summed E-state index contributed by atoms with van der Waals surface area (Å²) >= 11 is 6.14. The third kappa shape index (κ3) is 3.45. The lowest BCUT2D eigenvalue weighted by atomic mass is 10.0. The second-order valence-corrected chi connectivity index (χ2v) is 5.51. The molecule has 0 spiro atoms. The van der Waals surface area contributed by atoms with E-state index in [0.717, 1.165) is 22.8 Å². The maximum atomic E-state index is 6.14. The van der Waals surface area contributed by atoms with E-state index >= 15 is 0 Å². The summed E-state index contributed by atoms with van der Waals surface area (Å²) in [7, 11) is 4.08. The minimum Gasteiger partial charge on any atom is -0.377 e. The van der Waals surface area contributed by atoms with E-state index in [-0.39, 0.29) is 6.04 Å². The quantitative estimate of drug-likeness (QED) is 0.836. The van der Waals surface area contributed by atoms with Gasteiger partial charge < -0.3 is 10.2 Å². The molecule has 0 aliphatic heterocycles. The molecule has 0 radical (unpaired) electrons. The molecule has 106 valence electrons. The molecule has 0 saturated heterocycles. The zero-order valence-electron chi connectivity index (χ0n) is 12.2. The lowest BCUT2D eigenvalue weighted by Gasteiger charge is -2.24. The molecule has 0 saturated carbocycles. The van der Waals surface area contributed by atoms with Gasteiger partial charge in [0, 0.05) is 19.1 Å². The largest absolute Gasteiger partial charge is 0.377 e. The van der Waals surface area contributed by atoms with Crippen molar-refractivity contribution in [2.45, 2.75) is 19.4 Å². The van der Waals surface area contributed by atoms with Crippen LogP contribution in [0.15, 0.2) is 48.5 Å². The molecule has 1 N–H and O–H groups in total. The number of nitrogens with zero attached hydrogens (tertiary/aromatic N) is 1. The maximum absolute atomic E-state index is 6.14. The highest BCUT2D eigenvalue weighted by Gasteiger charge is 2.12. The van der Waals surface area contributed by atoms with Crippen molar-refractivity contribution < 1.29 is 0 Å². The van der Waals surface area contributed by atoms with Gasteiger partial charge in [-0.25, -0.2) is 0 Å². The number of hydrogen-bond acceptors (Lipinski definition) is 2. The Morgan fingerprint density at radius 2 is 1.80 bits per heavy atom. The first-order valence-corrected chi connectivity index (χ1v) is 7.28. The summed E-state index contributed by atoms with van der Waals surface area (Å²) in [6.07, 6.45) is 1.02. The standard InChI is InChI=1S/C17H21ClN2/c1-4-15(13-8-6-5-7-9-13)19-16-12-14(18)10-11-17(16)20(2)3/h5-12,15,19H,4H2,1-3H3. The van der Waals surface area contributed by atoms with E-state index in [1.807, 2.05) is 38.4 Å². The smallest absolute Gasteiger partial charge is 0.0598 e. The van der Waals surface area contributed by atoms with E-state index in [4.69, 9.17) is 11.6 Å². The van der Waals surface area contributed by atoms with Crippen LogP contribution >= 0.6 is 11.6 Å². The van der Waals surface area contributed by atoms with Gasteiger partial charge in [-0.15, -0.1) is 0 Å². The zero-order chi connectivity index (χ0) is 14.5. The Bertz CT molecular complexity index is 552. The molecule has 20 heavy (non-hydrogen) atoms. The van der Waals surface area contributed by atoms with Gasteiger partial charge in [0.1, 0.15) is 0 Å². The van der Waals surface area contributed by atoms with E-state index < -0.39 is 0 Å². The molecule has 0 aliphatic carbocycles. The van der Waals surface area contributed by atoms with Gasteiger partial charge in [-0.3, -0.25) is 0 Å². The van der Waals surface area contributed by atoms with Gasteiger partial charge in [-0.05, 0) is 30.2 Å². The fourth-order valence-electron chi connectivity index (χ4n) is 2.31. The number of benzene rings is 2. The molecule has 1 unspecified atom stereocenters. The number of rotatable bonds is 5. The lowest BCUT2D eigenvalue weighted by Crippen LogP contribution is -2.15. The van der Waals surface area contributed by atoms with Gasteiger partial charge in [0.05, 0.1) is 17.4 Å². The molecule has 1 atom stereocenters. The van der Waals surface area contributed by atoms with Gasteiger partial charge in [0.15, 0.2) is 0 Å². The van der Waals surface area contributed by atoms with Crippen molar-refractivity contribution in [1.29, 1.82) is 0 Å².